The SMILES string of the molecule is CCN(Cc1cccc(N)c1Br)C(C)C. The minimum atomic E-state index is 0.559. The molecule has 0 fully saturated rings. The van der Waals surface area contributed by atoms with Crippen LogP contribution in [0.1, 0.15) is 26.3 Å². The third-order valence-electron chi connectivity index (χ3n) is 2.62. The maximum atomic E-state index is 5.85. The Labute approximate surface area is 101 Å². The predicted octanol–water partition coefficient (Wildman–Crippen LogP) is 3.26. The first-order valence-electron chi connectivity index (χ1n) is 5.33. The lowest BCUT2D eigenvalue weighted by Gasteiger charge is -2.25. The summed E-state index contributed by atoms with van der Waals surface area (Å²) in [6.07, 6.45) is 0. The van der Waals surface area contributed by atoms with Crippen molar-refractivity contribution < 1.29 is 0 Å². The molecule has 2 N–H and O–H groups in total. The van der Waals surface area contributed by atoms with Gasteiger partial charge in [-0.2, -0.15) is 0 Å². The maximum absolute atomic E-state index is 5.85. The zero-order chi connectivity index (χ0) is 11.4. The maximum Gasteiger partial charge on any atom is 0.0461 e. The highest BCUT2D eigenvalue weighted by atomic mass is 79.9. The second-order valence-corrected chi connectivity index (χ2v) is 4.77. The Morgan fingerprint density at radius 3 is 2.60 bits per heavy atom. The van der Waals surface area contributed by atoms with Crippen LogP contribution in [0.3, 0.4) is 0 Å². The number of nitrogen functional groups attached to an aromatic ring is 1. The highest BCUT2D eigenvalue weighted by molar-refractivity contribution is 9.10. The van der Waals surface area contributed by atoms with Crippen molar-refractivity contribution in [1.29, 1.82) is 0 Å². The fourth-order valence-corrected chi connectivity index (χ4v) is 1.99. The van der Waals surface area contributed by atoms with Crippen LogP contribution in [0.2, 0.25) is 0 Å². The zero-order valence-corrected chi connectivity index (χ0v) is 11.2. The Kier molecular flexibility index (Phi) is 4.61. The van der Waals surface area contributed by atoms with Crippen LogP contribution in [0.25, 0.3) is 0 Å². The minimum Gasteiger partial charge on any atom is -0.398 e. The van der Waals surface area contributed by atoms with E-state index in [1.165, 1.54) is 5.56 Å². The number of halogens is 1. The number of benzene rings is 1. The monoisotopic (exact) mass is 270 g/mol. The standard InChI is InChI=1S/C12H19BrN2/c1-4-15(9(2)3)8-10-6-5-7-11(14)12(10)13/h5-7,9H,4,8,14H2,1-3H3. The number of hydrogen-bond acceptors (Lipinski definition) is 2. The number of hydrogen-bond donors (Lipinski definition) is 1. The molecule has 0 unspecified atom stereocenters. The Hall–Kier alpha value is -0.540. The molecule has 3 heteroatoms. The molecule has 0 heterocycles. The van der Waals surface area contributed by atoms with Crippen molar-refractivity contribution in [1.82, 2.24) is 4.90 Å². The highest BCUT2D eigenvalue weighted by Crippen LogP contribution is 2.25. The summed E-state index contributed by atoms with van der Waals surface area (Å²) in [6, 6.07) is 6.59. The van der Waals surface area contributed by atoms with Crippen LogP contribution in [-0.4, -0.2) is 17.5 Å². The summed E-state index contributed by atoms with van der Waals surface area (Å²) in [4.78, 5) is 2.40. The van der Waals surface area contributed by atoms with Gasteiger partial charge < -0.3 is 5.73 Å². The Morgan fingerprint density at radius 2 is 2.07 bits per heavy atom. The van der Waals surface area contributed by atoms with E-state index < -0.39 is 0 Å². The van der Waals surface area contributed by atoms with Gasteiger partial charge in [0.05, 0.1) is 0 Å². The van der Waals surface area contributed by atoms with Gasteiger partial charge in [0.25, 0.3) is 0 Å². The summed E-state index contributed by atoms with van der Waals surface area (Å²) in [7, 11) is 0. The first-order valence-corrected chi connectivity index (χ1v) is 6.12. The van der Waals surface area contributed by atoms with Crippen molar-refractivity contribution in [2.75, 3.05) is 12.3 Å². The van der Waals surface area contributed by atoms with E-state index in [4.69, 9.17) is 5.73 Å². The van der Waals surface area contributed by atoms with Crippen molar-refractivity contribution in [2.45, 2.75) is 33.4 Å². The van der Waals surface area contributed by atoms with Gasteiger partial charge in [-0.3, -0.25) is 4.90 Å². The first-order chi connectivity index (χ1) is 7.06. The van der Waals surface area contributed by atoms with Gasteiger partial charge in [0.2, 0.25) is 0 Å². The van der Waals surface area contributed by atoms with Crippen LogP contribution in [-0.2, 0) is 6.54 Å². The zero-order valence-electron chi connectivity index (χ0n) is 9.63. The third-order valence-corrected chi connectivity index (χ3v) is 3.59. The van der Waals surface area contributed by atoms with Crippen molar-refractivity contribution in [2.24, 2.45) is 0 Å². The van der Waals surface area contributed by atoms with Gasteiger partial charge in [-0.25, -0.2) is 0 Å². The van der Waals surface area contributed by atoms with E-state index in [-0.39, 0.29) is 0 Å². The van der Waals surface area contributed by atoms with E-state index >= 15 is 0 Å². The normalized spacial score (nSPS) is 11.3. The largest absolute Gasteiger partial charge is 0.398 e. The number of nitrogens with zero attached hydrogens (tertiary/aromatic N) is 1. The van der Waals surface area contributed by atoms with E-state index in [0.29, 0.717) is 6.04 Å². The Morgan fingerprint density at radius 1 is 1.40 bits per heavy atom. The fraction of sp³-hybridized carbons (Fsp3) is 0.500. The van der Waals surface area contributed by atoms with Crippen molar-refractivity contribution in [3.05, 3.63) is 28.2 Å². The predicted molar refractivity (Wildman–Crippen MR) is 69.8 cm³/mol. The van der Waals surface area contributed by atoms with Crippen LogP contribution in [0.4, 0.5) is 5.69 Å². The van der Waals surface area contributed by atoms with Crippen LogP contribution in [0.15, 0.2) is 22.7 Å². The van der Waals surface area contributed by atoms with Crippen molar-refractivity contribution in [3.8, 4) is 0 Å². The van der Waals surface area contributed by atoms with Crippen LogP contribution >= 0.6 is 15.9 Å². The number of nitrogens with two attached hydrogens (primary N) is 1. The molecule has 0 radical (unpaired) electrons. The fourth-order valence-electron chi connectivity index (χ4n) is 1.60. The quantitative estimate of drug-likeness (QED) is 0.852. The van der Waals surface area contributed by atoms with E-state index in [1.54, 1.807) is 0 Å². The topological polar surface area (TPSA) is 29.3 Å². The molecule has 1 rings (SSSR count). The molecular formula is C12H19BrN2. The first kappa shape index (κ1) is 12.5. The van der Waals surface area contributed by atoms with Gasteiger partial charge >= 0.3 is 0 Å². The average molecular weight is 271 g/mol. The lowest BCUT2D eigenvalue weighted by atomic mass is 10.1. The Bertz CT molecular complexity index is 323. The molecule has 0 aromatic heterocycles. The number of rotatable bonds is 4. The summed E-state index contributed by atoms with van der Waals surface area (Å²) in [5, 5.41) is 0. The van der Waals surface area contributed by atoms with E-state index in [1.807, 2.05) is 12.1 Å². The highest BCUT2D eigenvalue weighted by Gasteiger charge is 2.10. The average Bonchev–Trinajstić information content (AvgIpc) is 2.19. The lowest BCUT2D eigenvalue weighted by Crippen LogP contribution is -2.30. The van der Waals surface area contributed by atoms with E-state index in [0.717, 1.165) is 23.2 Å². The van der Waals surface area contributed by atoms with Gasteiger partial charge in [-0.05, 0) is 48.0 Å². The molecule has 0 saturated heterocycles. The molecule has 84 valence electrons. The molecule has 0 aliphatic rings. The third kappa shape index (κ3) is 3.21. The molecule has 0 aliphatic heterocycles. The molecule has 1 aromatic carbocycles. The summed E-state index contributed by atoms with van der Waals surface area (Å²) in [5.41, 5.74) is 7.92. The molecule has 2 nitrogen and oxygen atoms in total. The van der Waals surface area contributed by atoms with Crippen LogP contribution in [0, 0.1) is 0 Å². The molecule has 0 spiro atoms. The van der Waals surface area contributed by atoms with Crippen LogP contribution in [0.5, 0.6) is 0 Å². The van der Waals surface area contributed by atoms with Crippen molar-refractivity contribution in [3.63, 3.8) is 0 Å². The molecule has 0 aliphatic carbocycles. The van der Waals surface area contributed by atoms with Gasteiger partial charge in [0.15, 0.2) is 0 Å². The van der Waals surface area contributed by atoms with Gasteiger partial charge in [-0.15, -0.1) is 0 Å². The second kappa shape index (κ2) is 5.52. The summed E-state index contributed by atoms with van der Waals surface area (Å²) >= 11 is 3.54. The van der Waals surface area contributed by atoms with E-state index in [2.05, 4.69) is 47.7 Å². The molecule has 0 atom stereocenters. The molecule has 0 amide bonds. The Balaban J connectivity index is 2.84. The lowest BCUT2D eigenvalue weighted by molar-refractivity contribution is 0.224. The molecular weight excluding hydrogens is 252 g/mol. The van der Waals surface area contributed by atoms with Crippen LogP contribution < -0.4 is 5.73 Å². The van der Waals surface area contributed by atoms with Gasteiger partial charge in [0.1, 0.15) is 0 Å². The van der Waals surface area contributed by atoms with E-state index in [9.17, 15) is 0 Å². The molecule has 0 bridgehead atoms. The molecule has 0 saturated carbocycles. The van der Waals surface area contributed by atoms with Crippen molar-refractivity contribution >= 4 is 21.6 Å². The molecule has 15 heavy (non-hydrogen) atoms. The number of anilines is 1. The minimum absolute atomic E-state index is 0.559. The summed E-state index contributed by atoms with van der Waals surface area (Å²) < 4.78 is 1.03. The smallest absolute Gasteiger partial charge is 0.0461 e. The summed E-state index contributed by atoms with van der Waals surface area (Å²) in [6.45, 7) is 8.60. The van der Waals surface area contributed by atoms with Gasteiger partial charge in [-0.1, -0.05) is 19.1 Å². The summed E-state index contributed by atoms with van der Waals surface area (Å²) in [5.74, 6) is 0. The van der Waals surface area contributed by atoms with Gasteiger partial charge in [0, 0.05) is 22.7 Å². The second-order valence-electron chi connectivity index (χ2n) is 3.98. The molecule has 1 aromatic rings.